The van der Waals surface area contributed by atoms with Crippen LogP contribution in [0.15, 0.2) is 54.6 Å². The summed E-state index contributed by atoms with van der Waals surface area (Å²) in [5.41, 5.74) is 1.41. The molecule has 0 saturated carbocycles. The molecule has 2 atom stereocenters. The Bertz CT molecular complexity index is 717. The van der Waals surface area contributed by atoms with Gasteiger partial charge in [0.2, 0.25) is 0 Å². The Hall–Kier alpha value is -2.86. The molecule has 6 nitrogen and oxygen atoms in total. The average Bonchev–Trinajstić information content (AvgIpc) is 2.62. The first-order valence-corrected chi connectivity index (χ1v) is 7.79. The van der Waals surface area contributed by atoms with Gasteiger partial charge in [-0.1, -0.05) is 42.5 Å². The van der Waals surface area contributed by atoms with E-state index in [0.717, 1.165) is 5.56 Å². The lowest BCUT2D eigenvalue weighted by Gasteiger charge is -2.20. The van der Waals surface area contributed by atoms with E-state index in [1.807, 2.05) is 6.07 Å². The number of hydrogen-bond acceptors (Lipinski definition) is 4. The quantitative estimate of drug-likeness (QED) is 0.767. The number of methoxy groups -OCH3 is 2. The molecule has 0 aliphatic heterocycles. The summed E-state index contributed by atoms with van der Waals surface area (Å²) >= 11 is 0. The SMILES string of the molecule is COc1cccc(C[C@@H](NC(=O)[C@H](OC)c2ccccc2)C(=O)O)c1. The first kappa shape index (κ1) is 18.5. The number of carbonyl (C=O) groups excluding carboxylic acids is 1. The van der Waals surface area contributed by atoms with E-state index >= 15 is 0 Å². The van der Waals surface area contributed by atoms with Gasteiger partial charge in [0.15, 0.2) is 6.10 Å². The molecule has 0 aliphatic rings. The molecule has 2 aromatic rings. The van der Waals surface area contributed by atoms with Crippen molar-refractivity contribution >= 4 is 11.9 Å². The number of rotatable bonds is 8. The number of nitrogens with one attached hydrogen (secondary N) is 1. The van der Waals surface area contributed by atoms with Crippen molar-refractivity contribution in [1.29, 1.82) is 0 Å². The van der Waals surface area contributed by atoms with Crippen molar-refractivity contribution in [2.75, 3.05) is 14.2 Å². The van der Waals surface area contributed by atoms with Crippen LogP contribution in [0.1, 0.15) is 17.2 Å². The monoisotopic (exact) mass is 343 g/mol. The Labute approximate surface area is 146 Å². The minimum absolute atomic E-state index is 0.142. The minimum atomic E-state index is -1.11. The van der Waals surface area contributed by atoms with Crippen LogP contribution in [-0.4, -0.2) is 37.2 Å². The third-order valence-electron chi connectivity index (χ3n) is 3.76. The third-order valence-corrected chi connectivity index (χ3v) is 3.76. The molecule has 1 amide bonds. The molecule has 2 rings (SSSR count). The Morgan fingerprint density at radius 2 is 1.80 bits per heavy atom. The lowest BCUT2D eigenvalue weighted by Crippen LogP contribution is -2.44. The van der Waals surface area contributed by atoms with Gasteiger partial charge in [0, 0.05) is 13.5 Å². The second-order valence-corrected chi connectivity index (χ2v) is 5.48. The largest absolute Gasteiger partial charge is 0.497 e. The van der Waals surface area contributed by atoms with Crippen molar-refractivity contribution in [3.05, 3.63) is 65.7 Å². The van der Waals surface area contributed by atoms with Crippen LogP contribution in [0, 0.1) is 0 Å². The normalized spacial score (nSPS) is 12.9. The second kappa shape index (κ2) is 8.84. The van der Waals surface area contributed by atoms with Gasteiger partial charge >= 0.3 is 5.97 Å². The maximum absolute atomic E-state index is 12.5. The zero-order chi connectivity index (χ0) is 18.2. The predicted octanol–water partition coefficient (Wildman–Crippen LogP) is 2.19. The zero-order valence-corrected chi connectivity index (χ0v) is 14.1. The van der Waals surface area contributed by atoms with Gasteiger partial charge in [0.05, 0.1) is 7.11 Å². The molecule has 0 unspecified atom stereocenters. The van der Waals surface area contributed by atoms with Crippen LogP contribution in [0.2, 0.25) is 0 Å². The molecule has 0 heterocycles. The van der Waals surface area contributed by atoms with Crippen molar-refractivity contribution in [2.45, 2.75) is 18.6 Å². The van der Waals surface area contributed by atoms with Gasteiger partial charge in [-0.25, -0.2) is 4.79 Å². The molecule has 6 heteroatoms. The minimum Gasteiger partial charge on any atom is -0.497 e. The lowest BCUT2D eigenvalue weighted by atomic mass is 10.0. The fraction of sp³-hybridized carbons (Fsp3) is 0.263. The van der Waals surface area contributed by atoms with Gasteiger partial charge in [-0.2, -0.15) is 0 Å². The molecule has 0 saturated heterocycles. The summed E-state index contributed by atoms with van der Waals surface area (Å²) in [4.78, 5) is 24.0. The molecule has 0 bridgehead atoms. The molecular weight excluding hydrogens is 322 g/mol. The van der Waals surface area contributed by atoms with Crippen LogP contribution in [0.4, 0.5) is 0 Å². The lowest BCUT2D eigenvalue weighted by molar-refractivity contribution is -0.144. The highest BCUT2D eigenvalue weighted by Gasteiger charge is 2.26. The molecule has 0 aliphatic carbocycles. The van der Waals surface area contributed by atoms with Gasteiger partial charge in [0.25, 0.3) is 5.91 Å². The maximum Gasteiger partial charge on any atom is 0.326 e. The molecule has 2 aromatic carbocycles. The smallest absolute Gasteiger partial charge is 0.326 e. The Morgan fingerprint density at radius 1 is 1.08 bits per heavy atom. The first-order chi connectivity index (χ1) is 12.0. The van der Waals surface area contributed by atoms with E-state index in [0.29, 0.717) is 11.3 Å². The van der Waals surface area contributed by atoms with E-state index < -0.39 is 24.0 Å². The summed E-state index contributed by atoms with van der Waals surface area (Å²) in [6.45, 7) is 0. The van der Waals surface area contributed by atoms with Crippen LogP contribution in [0.25, 0.3) is 0 Å². The van der Waals surface area contributed by atoms with Crippen molar-refractivity contribution in [3.63, 3.8) is 0 Å². The molecule has 0 aromatic heterocycles. The fourth-order valence-electron chi connectivity index (χ4n) is 2.50. The fourth-order valence-corrected chi connectivity index (χ4v) is 2.50. The van der Waals surface area contributed by atoms with E-state index in [9.17, 15) is 14.7 Å². The van der Waals surface area contributed by atoms with Crippen LogP contribution in [0.5, 0.6) is 5.75 Å². The summed E-state index contributed by atoms with van der Waals surface area (Å²) in [7, 11) is 2.95. The summed E-state index contributed by atoms with van der Waals surface area (Å²) in [5, 5.41) is 12.0. The summed E-state index contributed by atoms with van der Waals surface area (Å²) < 4.78 is 10.4. The Morgan fingerprint density at radius 3 is 2.40 bits per heavy atom. The molecule has 25 heavy (non-hydrogen) atoms. The number of aliphatic carboxylic acids is 1. The number of ether oxygens (including phenoxy) is 2. The zero-order valence-electron chi connectivity index (χ0n) is 14.1. The molecular formula is C19H21NO5. The van der Waals surface area contributed by atoms with E-state index in [4.69, 9.17) is 9.47 Å². The topological polar surface area (TPSA) is 84.9 Å². The Kier molecular flexibility index (Phi) is 6.54. The van der Waals surface area contributed by atoms with Gasteiger partial charge in [-0.3, -0.25) is 4.79 Å². The van der Waals surface area contributed by atoms with E-state index in [-0.39, 0.29) is 6.42 Å². The van der Waals surface area contributed by atoms with Crippen molar-refractivity contribution in [2.24, 2.45) is 0 Å². The molecule has 132 valence electrons. The maximum atomic E-state index is 12.5. The molecule has 0 fully saturated rings. The number of carbonyl (C=O) groups is 2. The third kappa shape index (κ3) is 5.06. The van der Waals surface area contributed by atoms with Gasteiger partial charge in [-0.15, -0.1) is 0 Å². The molecule has 0 radical (unpaired) electrons. The van der Waals surface area contributed by atoms with Gasteiger partial charge in [0.1, 0.15) is 11.8 Å². The van der Waals surface area contributed by atoms with Crippen LogP contribution in [-0.2, 0) is 20.7 Å². The molecule has 2 N–H and O–H groups in total. The number of carboxylic acid groups (broad SMARTS) is 1. The average molecular weight is 343 g/mol. The van der Waals surface area contributed by atoms with E-state index in [1.54, 1.807) is 55.6 Å². The number of carboxylic acids is 1. The standard InChI is InChI=1S/C19H21NO5/c1-24-15-10-6-7-13(11-15)12-16(19(22)23)20-18(21)17(25-2)14-8-4-3-5-9-14/h3-11,16-17H,12H2,1-2H3,(H,20,21)(H,22,23)/t16-,17-/m1/s1. The predicted molar refractivity (Wildman–Crippen MR) is 92.5 cm³/mol. The number of benzene rings is 2. The summed E-state index contributed by atoms with van der Waals surface area (Å²) in [6, 6.07) is 14.9. The summed E-state index contributed by atoms with van der Waals surface area (Å²) in [6.07, 6.45) is -0.725. The van der Waals surface area contributed by atoms with Crippen LogP contribution in [0.3, 0.4) is 0 Å². The number of hydrogen-bond donors (Lipinski definition) is 2. The summed E-state index contributed by atoms with van der Waals surface area (Å²) in [5.74, 6) is -0.977. The van der Waals surface area contributed by atoms with Gasteiger partial charge < -0.3 is 19.9 Å². The van der Waals surface area contributed by atoms with Crippen molar-refractivity contribution < 1.29 is 24.2 Å². The highest BCUT2D eigenvalue weighted by atomic mass is 16.5. The molecule has 0 spiro atoms. The van der Waals surface area contributed by atoms with Crippen LogP contribution < -0.4 is 10.1 Å². The highest BCUT2D eigenvalue weighted by molar-refractivity contribution is 5.87. The van der Waals surface area contributed by atoms with Crippen molar-refractivity contribution in [1.82, 2.24) is 5.32 Å². The van der Waals surface area contributed by atoms with Gasteiger partial charge in [-0.05, 0) is 23.3 Å². The Balaban J connectivity index is 2.12. The number of amides is 1. The van der Waals surface area contributed by atoms with Crippen molar-refractivity contribution in [3.8, 4) is 5.75 Å². The highest BCUT2D eigenvalue weighted by Crippen LogP contribution is 2.18. The second-order valence-electron chi connectivity index (χ2n) is 5.48. The first-order valence-electron chi connectivity index (χ1n) is 7.79. The van der Waals surface area contributed by atoms with Crippen LogP contribution >= 0.6 is 0 Å². The van der Waals surface area contributed by atoms with E-state index in [2.05, 4.69) is 5.32 Å². The van der Waals surface area contributed by atoms with E-state index in [1.165, 1.54) is 7.11 Å².